The van der Waals surface area contributed by atoms with Crippen LogP contribution in [0.1, 0.15) is 18.5 Å². The van der Waals surface area contributed by atoms with Gasteiger partial charge < -0.3 is 15.1 Å². The molecule has 3 fully saturated rings. The third kappa shape index (κ3) is 1.91. The summed E-state index contributed by atoms with van der Waals surface area (Å²) in [5.41, 5.74) is -0.0914. The Morgan fingerprint density at radius 3 is 2.76 bits per heavy atom. The molecule has 0 aromatic carbocycles. The molecule has 2 N–H and O–H groups in total. The molecule has 1 aromatic heterocycles. The Morgan fingerprint density at radius 2 is 2.18 bits per heavy atom. The normalized spacial score (nSPS) is 36.1. The highest BCUT2D eigenvalue weighted by atomic mass is 16.3. The van der Waals surface area contributed by atoms with Gasteiger partial charge in [-0.1, -0.05) is 0 Å². The number of nitrogens with zero attached hydrogens (tertiary/aromatic N) is 2. The topological polar surface area (TPSA) is 56.6 Å². The Bertz CT molecular complexity index is 416. The molecule has 1 aromatic rings. The first-order chi connectivity index (χ1) is 8.17. The van der Waals surface area contributed by atoms with Gasteiger partial charge in [0.2, 0.25) is 0 Å². The Morgan fingerprint density at radius 1 is 1.41 bits per heavy atom. The zero-order valence-corrected chi connectivity index (χ0v) is 9.84. The SMILES string of the molecule is Oc1cccnc1CC1(O)CN2CCC1CC2. The average Bonchev–Trinajstić information content (AvgIpc) is 2.33. The van der Waals surface area contributed by atoms with Crippen molar-refractivity contribution >= 4 is 0 Å². The summed E-state index contributed by atoms with van der Waals surface area (Å²) in [4.78, 5) is 6.48. The highest BCUT2D eigenvalue weighted by Gasteiger charge is 2.45. The lowest BCUT2D eigenvalue weighted by Gasteiger charge is -2.50. The van der Waals surface area contributed by atoms with Crippen molar-refractivity contribution in [3.8, 4) is 5.75 Å². The van der Waals surface area contributed by atoms with Crippen molar-refractivity contribution in [3.05, 3.63) is 24.0 Å². The van der Waals surface area contributed by atoms with E-state index in [2.05, 4.69) is 9.88 Å². The van der Waals surface area contributed by atoms with Crippen LogP contribution in [0.25, 0.3) is 0 Å². The maximum absolute atomic E-state index is 10.7. The monoisotopic (exact) mass is 234 g/mol. The summed E-state index contributed by atoms with van der Waals surface area (Å²) in [5, 5.41) is 20.5. The van der Waals surface area contributed by atoms with Gasteiger partial charge in [0.15, 0.2) is 0 Å². The van der Waals surface area contributed by atoms with Gasteiger partial charge in [-0.15, -0.1) is 0 Å². The molecule has 92 valence electrons. The van der Waals surface area contributed by atoms with Gasteiger partial charge >= 0.3 is 0 Å². The van der Waals surface area contributed by atoms with Crippen LogP contribution >= 0.6 is 0 Å². The molecule has 0 radical (unpaired) electrons. The largest absolute Gasteiger partial charge is 0.506 e. The molecule has 4 heteroatoms. The van der Waals surface area contributed by atoms with Gasteiger partial charge in [-0.25, -0.2) is 0 Å². The smallest absolute Gasteiger partial charge is 0.137 e. The summed E-state index contributed by atoms with van der Waals surface area (Å²) in [7, 11) is 0. The molecule has 3 saturated heterocycles. The number of aromatic nitrogens is 1. The van der Waals surface area contributed by atoms with Crippen molar-refractivity contribution in [2.24, 2.45) is 5.92 Å². The second-order valence-electron chi connectivity index (χ2n) is 5.30. The van der Waals surface area contributed by atoms with Crippen molar-refractivity contribution in [3.63, 3.8) is 0 Å². The highest BCUT2D eigenvalue weighted by molar-refractivity contribution is 5.27. The fraction of sp³-hybridized carbons (Fsp3) is 0.615. The van der Waals surface area contributed by atoms with E-state index in [9.17, 15) is 10.2 Å². The van der Waals surface area contributed by atoms with Crippen molar-refractivity contribution in [1.29, 1.82) is 0 Å². The number of aliphatic hydroxyl groups is 1. The zero-order valence-electron chi connectivity index (χ0n) is 9.84. The van der Waals surface area contributed by atoms with Gasteiger partial charge in [0.1, 0.15) is 5.75 Å². The molecule has 4 nitrogen and oxygen atoms in total. The maximum Gasteiger partial charge on any atom is 0.137 e. The van der Waals surface area contributed by atoms with Gasteiger partial charge in [0, 0.05) is 19.2 Å². The van der Waals surface area contributed by atoms with E-state index in [-0.39, 0.29) is 5.75 Å². The van der Waals surface area contributed by atoms with Crippen LogP contribution in [-0.4, -0.2) is 45.3 Å². The minimum absolute atomic E-state index is 0.192. The first-order valence-electron chi connectivity index (χ1n) is 6.25. The molecule has 0 spiro atoms. The van der Waals surface area contributed by atoms with Crippen molar-refractivity contribution < 1.29 is 10.2 Å². The van der Waals surface area contributed by atoms with Crippen molar-refractivity contribution in [2.75, 3.05) is 19.6 Å². The summed E-state index contributed by atoms with van der Waals surface area (Å²) in [5.74, 6) is 0.547. The summed E-state index contributed by atoms with van der Waals surface area (Å²) in [6.45, 7) is 2.91. The first-order valence-corrected chi connectivity index (χ1v) is 6.25. The molecular formula is C13H18N2O2. The van der Waals surface area contributed by atoms with E-state index in [4.69, 9.17) is 0 Å². The molecule has 0 aliphatic carbocycles. The van der Waals surface area contributed by atoms with Gasteiger partial charge in [0.05, 0.1) is 11.3 Å². The van der Waals surface area contributed by atoms with Crippen LogP contribution in [0.5, 0.6) is 5.75 Å². The fourth-order valence-electron chi connectivity index (χ4n) is 3.20. The Hall–Kier alpha value is -1.13. The number of hydrogen-bond acceptors (Lipinski definition) is 4. The van der Waals surface area contributed by atoms with E-state index in [0.29, 0.717) is 24.6 Å². The minimum atomic E-state index is -0.706. The predicted molar refractivity (Wildman–Crippen MR) is 63.7 cm³/mol. The maximum atomic E-state index is 10.7. The molecular weight excluding hydrogens is 216 g/mol. The fourth-order valence-corrected chi connectivity index (χ4v) is 3.20. The lowest BCUT2D eigenvalue weighted by molar-refractivity contribution is -0.111. The lowest BCUT2D eigenvalue weighted by atomic mass is 9.73. The average molecular weight is 234 g/mol. The molecule has 3 aliphatic heterocycles. The quantitative estimate of drug-likeness (QED) is 0.794. The van der Waals surface area contributed by atoms with Crippen LogP contribution in [0.2, 0.25) is 0 Å². The molecule has 0 saturated carbocycles. The standard InChI is InChI=1S/C13H18N2O2/c16-12-2-1-5-14-11(12)8-13(17)9-15-6-3-10(13)4-7-15/h1-2,5,10,16-17H,3-4,6-9H2. The van der Waals surface area contributed by atoms with Crippen molar-refractivity contribution in [1.82, 2.24) is 9.88 Å². The van der Waals surface area contributed by atoms with Crippen LogP contribution in [0.4, 0.5) is 0 Å². The van der Waals surface area contributed by atoms with Crippen LogP contribution in [0, 0.1) is 5.92 Å². The molecule has 1 unspecified atom stereocenters. The van der Waals surface area contributed by atoms with Gasteiger partial charge in [0.25, 0.3) is 0 Å². The minimum Gasteiger partial charge on any atom is -0.506 e. The number of pyridine rings is 1. The predicted octanol–water partition coefficient (Wildman–Crippen LogP) is 0.786. The van der Waals surface area contributed by atoms with Gasteiger partial charge in [-0.05, 0) is 44.0 Å². The summed E-state index contributed by atoms with van der Waals surface area (Å²) in [6.07, 6.45) is 4.24. The number of piperidine rings is 3. The molecule has 3 aliphatic rings. The summed E-state index contributed by atoms with van der Waals surface area (Å²) < 4.78 is 0. The molecule has 4 rings (SSSR count). The summed E-state index contributed by atoms with van der Waals surface area (Å²) >= 11 is 0. The molecule has 2 bridgehead atoms. The second-order valence-corrected chi connectivity index (χ2v) is 5.30. The molecule has 0 amide bonds. The Kier molecular flexibility index (Phi) is 2.56. The number of aromatic hydroxyl groups is 1. The number of hydrogen-bond donors (Lipinski definition) is 2. The van der Waals surface area contributed by atoms with Crippen molar-refractivity contribution in [2.45, 2.75) is 24.9 Å². The Labute approximate surface area is 101 Å². The van der Waals surface area contributed by atoms with Crippen LogP contribution in [0.15, 0.2) is 18.3 Å². The zero-order chi connectivity index (χ0) is 11.9. The van der Waals surface area contributed by atoms with E-state index in [1.54, 1.807) is 18.3 Å². The number of fused-ring (bicyclic) bond motifs is 3. The molecule has 1 atom stereocenters. The van der Waals surface area contributed by atoms with Crippen LogP contribution < -0.4 is 0 Å². The molecule has 17 heavy (non-hydrogen) atoms. The Balaban J connectivity index is 1.83. The third-order valence-corrected chi connectivity index (χ3v) is 4.18. The van der Waals surface area contributed by atoms with E-state index in [0.717, 1.165) is 25.9 Å². The van der Waals surface area contributed by atoms with E-state index >= 15 is 0 Å². The third-order valence-electron chi connectivity index (χ3n) is 4.18. The molecule has 4 heterocycles. The van der Waals surface area contributed by atoms with Gasteiger partial charge in [-0.3, -0.25) is 4.98 Å². The highest BCUT2D eigenvalue weighted by Crippen LogP contribution is 2.38. The van der Waals surface area contributed by atoms with E-state index in [1.807, 2.05) is 0 Å². The van der Waals surface area contributed by atoms with Crippen LogP contribution in [-0.2, 0) is 6.42 Å². The first kappa shape index (κ1) is 11.0. The summed E-state index contributed by atoms with van der Waals surface area (Å²) in [6, 6.07) is 3.34. The van der Waals surface area contributed by atoms with Crippen LogP contribution in [0.3, 0.4) is 0 Å². The number of rotatable bonds is 2. The lowest BCUT2D eigenvalue weighted by Crippen LogP contribution is -2.60. The van der Waals surface area contributed by atoms with Gasteiger partial charge in [-0.2, -0.15) is 0 Å². The second kappa shape index (κ2) is 3.96. The van der Waals surface area contributed by atoms with E-state index < -0.39 is 5.60 Å². The van der Waals surface area contributed by atoms with E-state index in [1.165, 1.54) is 0 Å².